The van der Waals surface area contributed by atoms with Gasteiger partial charge in [0, 0.05) is 34.9 Å². The van der Waals surface area contributed by atoms with Gasteiger partial charge < -0.3 is 20.8 Å². The lowest BCUT2D eigenvalue weighted by atomic mass is 10.1. The van der Waals surface area contributed by atoms with Crippen molar-refractivity contribution in [3.63, 3.8) is 0 Å². The Morgan fingerprint density at radius 2 is 2.00 bits per heavy atom. The number of amides is 1. The van der Waals surface area contributed by atoms with Gasteiger partial charge in [0.25, 0.3) is 11.6 Å². The molecule has 0 aliphatic rings. The molecule has 0 aliphatic heterocycles. The van der Waals surface area contributed by atoms with Gasteiger partial charge in [-0.15, -0.1) is 0 Å². The molecule has 1 amide bonds. The summed E-state index contributed by atoms with van der Waals surface area (Å²) in [6, 6.07) is 11.1. The number of rotatable bonds is 7. The van der Waals surface area contributed by atoms with Gasteiger partial charge in [0.1, 0.15) is 5.75 Å². The van der Waals surface area contributed by atoms with Gasteiger partial charge in [-0.05, 0) is 48.9 Å². The average molecular weight is 354 g/mol. The maximum atomic E-state index is 12.0. The maximum absolute atomic E-state index is 12.0. The molecule has 0 spiro atoms. The summed E-state index contributed by atoms with van der Waals surface area (Å²) in [5.74, 6) is 0.226. The molecule has 0 atom stereocenters. The number of fused-ring (bicyclic) bond motifs is 1. The summed E-state index contributed by atoms with van der Waals surface area (Å²) in [5, 5.41) is 14.3. The van der Waals surface area contributed by atoms with Crippen LogP contribution in [0.15, 0.2) is 48.7 Å². The molecule has 3 aromatic rings. The molecule has 3 rings (SSSR count). The first-order valence-corrected chi connectivity index (χ1v) is 8.04. The third-order valence-electron chi connectivity index (χ3n) is 3.88. The Morgan fingerprint density at radius 1 is 1.23 bits per heavy atom. The summed E-state index contributed by atoms with van der Waals surface area (Å²) in [5.41, 5.74) is 8.13. The molecule has 0 aliphatic carbocycles. The summed E-state index contributed by atoms with van der Waals surface area (Å²) < 4.78 is 5.55. The molecule has 1 aromatic heterocycles. The Kier molecular flexibility index (Phi) is 5.14. The maximum Gasteiger partial charge on any atom is 0.269 e. The fourth-order valence-corrected chi connectivity index (χ4v) is 2.62. The highest BCUT2D eigenvalue weighted by molar-refractivity contribution is 5.92. The van der Waals surface area contributed by atoms with Crippen LogP contribution in [0.5, 0.6) is 5.75 Å². The lowest BCUT2D eigenvalue weighted by Crippen LogP contribution is -2.20. The molecule has 0 saturated carbocycles. The number of carbonyl (C=O) groups excluding carboxylic acids is 1. The van der Waals surface area contributed by atoms with Crippen LogP contribution < -0.4 is 15.8 Å². The van der Waals surface area contributed by atoms with Gasteiger partial charge in [-0.2, -0.15) is 0 Å². The van der Waals surface area contributed by atoms with Crippen molar-refractivity contribution in [3.8, 4) is 5.75 Å². The molecule has 0 saturated heterocycles. The number of hydrogen-bond donors (Lipinski definition) is 3. The van der Waals surface area contributed by atoms with E-state index in [1.54, 1.807) is 6.07 Å². The molecule has 0 fully saturated rings. The van der Waals surface area contributed by atoms with Gasteiger partial charge in [0.2, 0.25) is 0 Å². The van der Waals surface area contributed by atoms with Crippen LogP contribution in [0, 0.1) is 10.1 Å². The number of H-pyrrole nitrogens is 1. The number of aromatic amines is 1. The molecule has 8 heteroatoms. The number of hydrogen-bond acceptors (Lipinski definition) is 5. The molecule has 8 nitrogen and oxygen atoms in total. The van der Waals surface area contributed by atoms with Gasteiger partial charge in [0.05, 0.1) is 4.92 Å². The van der Waals surface area contributed by atoms with E-state index in [4.69, 9.17) is 10.5 Å². The monoisotopic (exact) mass is 354 g/mol. The van der Waals surface area contributed by atoms with E-state index in [0.717, 1.165) is 22.9 Å². The van der Waals surface area contributed by atoms with Crippen LogP contribution >= 0.6 is 0 Å². The Bertz CT molecular complexity index is 934. The van der Waals surface area contributed by atoms with E-state index in [1.165, 1.54) is 24.3 Å². The molecule has 0 radical (unpaired) electrons. The summed E-state index contributed by atoms with van der Waals surface area (Å²) in [4.78, 5) is 25.3. The second-order valence-electron chi connectivity index (χ2n) is 5.70. The second-order valence-corrected chi connectivity index (χ2v) is 5.70. The zero-order chi connectivity index (χ0) is 18.5. The van der Waals surface area contributed by atoms with Gasteiger partial charge in [-0.1, -0.05) is 0 Å². The van der Waals surface area contributed by atoms with Crippen molar-refractivity contribution in [2.75, 3.05) is 18.5 Å². The van der Waals surface area contributed by atoms with Gasteiger partial charge in [0.15, 0.2) is 6.61 Å². The highest BCUT2D eigenvalue weighted by atomic mass is 16.6. The van der Waals surface area contributed by atoms with E-state index in [9.17, 15) is 14.9 Å². The minimum absolute atomic E-state index is 0.0349. The van der Waals surface area contributed by atoms with Crippen molar-refractivity contribution in [1.82, 2.24) is 4.98 Å². The number of benzene rings is 2. The zero-order valence-corrected chi connectivity index (χ0v) is 13.9. The average Bonchev–Trinajstić information content (AvgIpc) is 3.03. The number of nitro benzene ring substituents is 1. The molecule has 0 bridgehead atoms. The Balaban J connectivity index is 1.61. The molecule has 134 valence electrons. The molecule has 4 N–H and O–H groups in total. The fraction of sp³-hybridized carbons (Fsp3) is 0.167. The fourth-order valence-electron chi connectivity index (χ4n) is 2.62. The highest BCUT2D eigenvalue weighted by Crippen LogP contribution is 2.24. The molecule has 2 aromatic carbocycles. The predicted molar refractivity (Wildman–Crippen MR) is 98.3 cm³/mol. The van der Waals surface area contributed by atoms with E-state index in [2.05, 4.69) is 10.3 Å². The number of carbonyl (C=O) groups is 1. The van der Waals surface area contributed by atoms with Crippen molar-refractivity contribution < 1.29 is 14.5 Å². The van der Waals surface area contributed by atoms with Crippen molar-refractivity contribution in [2.45, 2.75) is 6.42 Å². The van der Waals surface area contributed by atoms with Crippen LogP contribution in [-0.2, 0) is 11.2 Å². The van der Waals surface area contributed by atoms with Gasteiger partial charge >= 0.3 is 0 Å². The van der Waals surface area contributed by atoms with Crippen molar-refractivity contribution in [2.24, 2.45) is 5.73 Å². The number of nitrogens with two attached hydrogens (primary N) is 1. The SMILES string of the molecule is NCCc1c[nH]c2ccc(OCC(=O)Nc3ccc([N+](=O)[O-])cc3)cc12. The summed E-state index contributed by atoms with van der Waals surface area (Å²) >= 11 is 0. The molecule has 1 heterocycles. The third-order valence-corrected chi connectivity index (χ3v) is 3.88. The Labute approximate surface area is 149 Å². The minimum Gasteiger partial charge on any atom is -0.484 e. The molecule has 0 unspecified atom stereocenters. The standard InChI is InChI=1S/C18H18N4O4/c19-8-7-12-10-20-17-6-5-15(9-16(12)17)26-11-18(23)21-13-1-3-14(4-2-13)22(24)25/h1-6,9-10,20H,7-8,11,19H2,(H,21,23). The van der Waals surface area contributed by atoms with Crippen LogP contribution in [-0.4, -0.2) is 29.0 Å². The highest BCUT2D eigenvalue weighted by Gasteiger charge is 2.09. The van der Waals surface area contributed by atoms with Gasteiger partial charge in [-0.3, -0.25) is 14.9 Å². The van der Waals surface area contributed by atoms with E-state index in [1.807, 2.05) is 18.3 Å². The minimum atomic E-state index is -0.495. The number of aromatic nitrogens is 1. The van der Waals surface area contributed by atoms with Gasteiger partial charge in [-0.25, -0.2) is 0 Å². The van der Waals surface area contributed by atoms with Crippen molar-refractivity contribution >= 4 is 28.2 Å². The topological polar surface area (TPSA) is 123 Å². The predicted octanol–water partition coefficient (Wildman–Crippen LogP) is 2.59. The lowest BCUT2D eigenvalue weighted by Gasteiger charge is -2.08. The number of nitrogens with zero attached hydrogens (tertiary/aromatic N) is 1. The lowest BCUT2D eigenvalue weighted by molar-refractivity contribution is -0.384. The van der Waals surface area contributed by atoms with Crippen LogP contribution in [0.3, 0.4) is 0 Å². The molecular formula is C18H18N4O4. The first-order chi connectivity index (χ1) is 12.6. The number of nitro groups is 1. The van der Waals surface area contributed by atoms with Crippen molar-refractivity contribution in [3.05, 3.63) is 64.3 Å². The smallest absolute Gasteiger partial charge is 0.269 e. The van der Waals surface area contributed by atoms with Crippen LogP contribution in [0.1, 0.15) is 5.56 Å². The second kappa shape index (κ2) is 7.66. The molecule has 26 heavy (non-hydrogen) atoms. The summed E-state index contributed by atoms with van der Waals surface area (Å²) in [6.45, 7) is 0.384. The van der Waals surface area contributed by atoms with E-state index >= 15 is 0 Å². The first kappa shape index (κ1) is 17.4. The van der Waals surface area contributed by atoms with E-state index < -0.39 is 4.92 Å². The zero-order valence-electron chi connectivity index (χ0n) is 13.9. The summed E-state index contributed by atoms with van der Waals surface area (Å²) in [6.07, 6.45) is 2.67. The van der Waals surface area contributed by atoms with E-state index in [-0.39, 0.29) is 18.2 Å². The number of ether oxygens (including phenoxy) is 1. The van der Waals surface area contributed by atoms with Crippen LogP contribution in [0.4, 0.5) is 11.4 Å². The third kappa shape index (κ3) is 3.98. The van der Waals surface area contributed by atoms with Crippen LogP contribution in [0.2, 0.25) is 0 Å². The Hall–Kier alpha value is -3.39. The van der Waals surface area contributed by atoms with E-state index in [0.29, 0.717) is 18.0 Å². The summed E-state index contributed by atoms with van der Waals surface area (Å²) in [7, 11) is 0. The number of nitrogens with one attached hydrogen (secondary N) is 2. The molecular weight excluding hydrogens is 336 g/mol. The van der Waals surface area contributed by atoms with Crippen LogP contribution in [0.25, 0.3) is 10.9 Å². The quantitative estimate of drug-likeness (QED) is 0.444. The Morgan fingerprint density at radius 3 is 2.69 bits per heavy atom. The number of anilines is 1. The normalized spacial score (nSPS) is 10.7. The number of non-ortho nitro benzene ring substituents is 1. The first-order valence-electron chi connectivity index (χ1n) is 8.04. The largest absolute Gasteiger partial charge is 0.484 e. The van der Waals surface area contributed by atoms with Crippen molar-refractivity contribution in [1.29, 1.82) is 0 Å².